The van der Waals surface area contributed by atoms with Gasteiger partial charge >= 0.3 is 12.1 Å². The van der Waals surface area contributed by atoms with Crippen molar-refractivity contribution in [2.75, 3.05) is 45.8 Å². The Morgan fingerprint density at radius 3 is 2.58 bits per heavy atom. The second-order valence-electron chi connectivity index (χ2n) is 12.5. The van der Waals surface area contributed by atoms with Gasteiger partial charge in [-0.15, -0.1) is 0 Å². The molecule has 3 fully saturated rings. The Hall–Kier alpha value is -3.50. The lowest BCUT2D eigenvalue weighted by atomic mass is 9.46. The summed E-state index contributed by atoms with van der Waals surface area (Å²) in [6, 6.07) is 13.1. The number of piperidine rings is 1. The van der Waals surface area contributed by atoms with E-state index in [-0.39, 0.29) is 19.2 Å². The van der Waals surface area contributed by atoms with Crippen molar-refractivity contribution in [3.05, 3.63) is 53.6 Å². The minimum Gasteiger partial charge on any atom is -0.497 e. The molecule has 6 rings (SSSR count). The van der Waals surface area contributed by atoms with Crippen molar-refractivity contribution in [1.82, 2.24) is 10.2 Å². The van der Waals surface area contributed by atoms with Crippen LogP contribution in [0.5, 0.6) is 11.5 Å². The molecule has 0 bridgehead atoms. The number of esters is 1. The smallest absolute Gasteiger partial charge is 0.407 e. The van der Waals surface area contributed by atoms with E-state index in [1.54, 1.807) is 14.2 Å². The molecular formula is C33H43N3O7. The minimum absolute atomic E-state index is 0.0100. The quantitative estimate of drug-likeness (QED) is 0.444. The maximum atomic E-state index is 13.2. The molecule has 2 aromatic carbocycles. The van der Waals surface area contributed by atoms with Crippen LogP contribution in [0.3, 0.4) is 0 Å². The van der Waals surface area contributed by atoms with Gasteiger partial charge in [-0.2, -0.15) is 0 Å². The number of aliphatic hydroxyl groups is 1. The molecular weight excluding hydrogens is 550 g/mol. The van der Waals surface area contributed by atoms with Crippen LogP contribution >= 0.6 is 0 Å². The van der Waals surface area contributed by atoms with Gasteiger partial charge in [0.2, 0.25) is 0 Å². The number of hydrogen-bond acceptors (Lipinski definition) is 9. The molecule has 232 valence electrons. The number of carbonyl (C=O) groups is 2. The van der Waals surface area contributed by atoms with Crippen molar-refractivity contribution in [3.63, 3.8) is 0 Å². The molecule has 1 aliphatic carbocycles. The van der Waals surface area contributed by atoms with E-state index in [4.69, 9.17) is 18.9 Å². The SMILES string of the molecule is CCC12CCCN3CC[C@@]4(c5ccc(OC)cc5N(C)[C@H]4[C@@](O)(CNC(=O)OCc4ccccc4OC)[C@@H]1OC(C)=O)[C@@H]32. The van der Waals surface area contributed by atoms with Gasteiger partial charge in [-0.25, -0.2) is 4.79 Å². The summed E-state index contributed by atoms with van der Waals surface area (Å²) in [4.78, 5) is 30.6. The fraction of sp³-hybridized carbons (Fsp3) is 0.576. The molecule has 1 spiro atoms. The highest BCUT2D eigenvalue weighted by molar-refractivity contribution is 5.72. The molecule has 1 unspecified atom stereocenters. The summed E-state index contributed by atoms with van der Waals surface area (Å²) in [6.45, 7) is 5.25. The number of nitrogens with zero attached hydrogens (tertiary/aromatic N) is 2. The molecule has 10 nitrogen and oxygen atoms in total. The Labute approximate surface area is 253 Å². The van der Waals surface area contributed by atoms with Crippen molar-refractivity contribution < 1.29 is 33.6 Å². The monoisotopic (exact) mass is 593 g/mol. The fourth-order valence-corrected chi connectivity index (χ4v) is 9.37. The summed E-state index contributed by atoms with van der Waals surface area (Å²) in [7, 11) is 5.20. The second kappa shape index (κ2) is 10.9. The number of para-hydroxylation sites is 1. The molecule has 1 saturated carbocycles. The highest BCUT2D eigenvalue weighted by atomic mass is 16.6. The van der Waals surface area contributed by atoms with E-state index in [1.165, 1.54) is 12.5 Å². The Balaban J connectivity index is 1.41. The van der Waals surface area contributed by atoms with Crippen LogP contribution in [0.2, 0.25) is 0 Å². The first kappa shape index (κ1) is 29.6. The molecule has 4 aliphatic rings. The number of amides is 1. The molecule has 43 heavy (non-hydrogen) atoms. The van der Waals surface area contributed by atoms with Gasteiger partial charge in [0.25, 0.3) is 0 Å². The number of rotatable bonds is 8. The standard InChI is InChI=1S/C33H43N3O7/c1-6-31-14-9-16-36-17-15-32(27(31)36)24-13-12-23(40-4)18-25(24)35(3)28(32)33(39,29(31)43-21(2)37)20-34-30(38)42-19-22-10-7-8-11-26(22)41-5/h7-8,10-13,18,27-29,39H,6,9,14-17,19-20H2,1-5H3,(H,34,38)/t27-,28+,29+,31?,32+,33-/m0/s1. The van der Waals surface area contributed by atoms with Gasteiger partial charge in [0.1, 0.15) is 29.8 Å². The van der Waals surface area contributed by atoms with Crippen molar-refractivity contribution in [1.29, 1.82) is 0 Å². The molecule has 3 heterocycles. The summed E-state index contributed by atoms with van der Waals surface area (Å²) >= 11 is 0. The molecule has 6 atom stereocenters. The fourth-order valence-electron chi connectivity index (χ4n) is 9.37. The molecule has 2 saturated heterocycles. The van der Waals surface area contributed by atoms with E-state index in [0.717, 1.165) is 55.8 Å². The predicted molar refractivity (Wildman–Crippen MR) is 160 cm³/mol. The number of carbonyl (C=O) groups excluding carboxylic acids is 2. The maximum Gasteiger partial charge on any atom is 0.407 e. The van der Waals surface area contributed by atoms with Crippen LogP contribution in [-0.4, -0.2) is 86.8 Å². The third-order valence-corrected chi connectivity index (χ3v) is 10.7. The molecule has 10 heteroatoms. The van der Waals surface area contributed by atoms with Crippen LogP contribution < -0.4 is 19.7 Å². The van der Waals surface area contributed by atoms with Crippen molar-refractivity contribution in [2.24, 2.45) is 5.41 Å². The highest BCUT2D eigenvalue weighted by Crippen LogP contribution is 2.68. The Morgan fingerprint density at radius 1 is 1.07 bits per heavy atom. The molecule has 1 amide bonds. The molecule has 2 aromatic rings. The van der Waals surface area contributed by atoms with Gasteiger partial charge in [0.05, 0.1) is 26.8 Å². The lowest BCUT2D eigenvalue weighted by Gasteiger charge is -2.66. The number of nitrogens with one attached hydrogen (secondary N) is 1. The number of methoxy groups -OCH3 is 2. The number of benzene rings is 2. The predicted octanol–water partition coefficient (Wildman–Crippen LogP) is 3.63. The van der Waals surface area contributed by atoms with Crippen molar-refractivity contribution in [3.8, 4) is 11.5 Å². The summed E-state index contributed by atoms with van der Waals surface area (Å²) in [5.74, 6) is 0.911. The van der Waals surface area contributed by atoms with Crippen LogP contribution in [0.15, 0.2) is 42.5 Å². The zero-order chi connectivity index (χ0) is 30.6. The van der Waals surface area contributed by atoms with E-state index < -0.39 is 40.6 Å². The van der Waals surface area contributed by atoms with Gasteiger partial charge in [-0.1, -0.05) is 31.2 Å². The molecule has 0 aromatic heterocycles. The molecule has 3 aliphatic heterocycles. The van der Waals surface area contributed by atoms with Gasteiger partial charge in [0.15, 0.2) is 0 Å². The zero-order valence-corrected chi connectivity index (χ0v) is 25.7. The normalized spacial score (nSPS) is 32.3. The summed E-state index contributed by atoms with van der Waals surface area (Å²) in [5.41, 5.74) is 0.303. The van der Waals surface area contributed by atoms with E-state index >= 15 is 0 Å². The van der Waals surface area contributed by atoms with Gasteiger partial charge in [-0.3, -0.25) is 9.69 Å². The average Bonchev–Trinajstić information content (AvgIpc) is 3.53. The van der Waals surface area contributed by atoms with E-state index in [2.05, 4.69) is 28.1 Å². The first-order chi connectivity index (χ1) is 20.7. The molecule has 0 radical (unpaired) electrons. The maximum absolute atomic E-state index is 13.2. The number of fused-ring (bicyclic) bond motifs is 1. The topological polar surface area (TPSA) is 110 Å². The minimum atomic E-state index is -1.63. The van der Waals surface area contributed by atoms with Gasteiger partial charge in [0, 0.05) is 48.2 Å². The summed E-state index contributed by atoms with van der Waals surface area (Å²) in [5, 5.41) is 16.0. The first-order valence-electron chi connectivity index (χ1n) is 15.2. The lowest BCUT2D eigenvalue weighted by molar-refractivity contribution is -0.235. The van der Waals surface area contributed by atoms with Crippen molar-refractivity contribution >= 4 is 17.7 Å². The largest absolute Gasteiger partial charge is 0.497 e. The number of anilines is 1. The molecule has 2 N–H and O–H groups in total. The highest BCUT2D eigenvalue weighted by Gasteiger charge is 2.78. The third kappa shape index (κ3) is 4.28. The average molecular weight is 594 g/mol. The van der Waals surface area contributed by atoms with E-state index in [0.29, 0.717) is 5.75 Å². The van der Waals surface area contributed by atoms with Crippen molar-refractivity contribution in [2.45, 2.75) is 75.3 Å². The summed E-state index contributed by atoms with van der Waals surface area (Å²) in [6.07, 6.45) is 1.81. The van der Waals surface area contributed by atoms with E-state index in [1.807, 2.05) is 43.4 Å². The van der Waals surface area contributed by atoms with Crippen LogP contribution in [0.1, 0.15) is 50.7 Å². The number of alkyl carbamates (subject to hydrolysis) is 1. The second-order valence-corrected chi connectivity index (χ2v) is 12.5. The zero-order valence-electron chi connectivity index (χ0n) is 25.7. The Bertz CT molecular complexity index is 1400. The number of ether oxygens (including phenoxy) is 4. The van der Waals surface area contributed by atoms with Crippen LogP contribution in [0.4, 0.5) is 10.5 Å². The number of likely N-dealkylation sites (N-methyl/N-ethyl adjacent to an activating group) is 1. The Morgan fingerprint density at radius 2 is 1.86 bits per heavy atom. The third-order valence-electron chi connectivity index (χ3n) is 10.7. The van der Waals surface area contributed by atoms with Gasteiger partial charge in [-0.05, 0) is 56.5 Å². The van der Waals surface area contributed by atoms with Crippen LogP contribution in [-0.2, 0) is 26.3 Å². The van der Waals surface area contributed by atoms with E-state index in [9.17, 15) is 14.7 Å². The first-order valence-corrected chi connectivity index (χ1v) is 15.2. The van der Waals surface area contributed by atoms with Crippen LogP contribution in [0.25, 0.3) is 0 Å². The Kier molecular flexibility index (Phi) is 7.49. The van der Waals surface area contributed by atoms with Crippen LogP contribution in [0, 0.1) is 5.41 Å². The van der Waals surface area contributed by atoms with Gasteiger partial charge < -0.3 is 34.3 Å². The summed E-state index contributed by atoms with van der Waals surface area (Å²) < 4.78 is 22.8. The lowest BCUT2D eigenvalue weighted by Crippen LogP contribution is -2.81. The number of hydrogen-bond donors (Lipinski definition) is 2.